The highest BCUT2D eigenvalue weighted by Gasteiger charge is 2.26. The van der Waals surface area contributed by atoms with Crippen LogP contribution in [-0.4, -0.2) is 71.2 Å². The quantitative estimate of drug-likeness (QED) is 0.853. The largest absolute Gasteiger partial charge is 0.389 e. The van der Waals surface area contributed by atoms with E-state index in [4.69, 9.17) is 0 Å². The number of carbonyl (C=O) groups is 1. The van der Waals surface area contributed by atoms with Crippen LogP contribution in [-0.2, 0) is 0 Å². The van der Waals surface area contributed by atoms with Crippen LogP contribution < -0.4 is 5.32 Å². The van der Waals surface area contributed by atoms with E-state index in [9.17, 15) is 9.90 Å². The normalized spacial score (nSPS) is 16.9. The average molecular weight is 292 g/mol. The predicted octanol–water partition coefficient (Wildman–Crippen LogP) is 0.652. The molecule has 1 amide bonds. The number of piperazine rings is 1. The maximum atomic E-state index is 12.4. The van der Waals surface area contributed by atoms with Gasteiger partial charge in [-0.3, -0.25) is 9.69 Å². The van der Waals surface area contributed by atoms with Gasteiger partial charge in [0.05, 0.1) is 5.60 Å². The third-order valence-electron chi connectivity index (χ3n) is 3.49. The number of nitrogens with zero attached hydrogens (tertiary/aromatic N) is 3. The molecule has 21 heavy (non-hydrogen) atoms. The van der Waals surface area contributed by atoms with E-state index in [2.05, 4.69) is 15.2 Å². The van der Waals surface area contributed by atoms with E-state index >= 15 is 0 Å². The van der Waals surface area contributed by atoms with Crippen LogP contribution in [0.2, 0.25) is 0 Å². The minimum Gasteiger partial charge on any atom is -0.389 e. The first-order valence-corrected chi connectivity index (χ1v) is 7.28. The van der Waals surface area contributed by atoms with Crippen molar-refractivity contribution in [2.75, 3.05) is 45.1 Å². The van der Waals surface area contributed by atoms with Gasteiger partial charge in [0, 0.05) is 39.8 Å². The molecular weight excluding hydrogens is 268 g/mol. The molecule has 1 aromatic heterocycles. The van der Waals surface area contributed by atoms with E-state index in [-0.39, 0.29) is 5.91 Å². The number of amides is 1. The predicted molar refractivity (Wildman–Crippen MR) is 82.4 cm³/mol. The summed E-state index contributed by atoms with van der Waals surface area (Å²) in [4.78, 5) is 20.7. The van der Waals surface area contributed by atoms with Crippen molar-refractivity contribution in [3.8, 4) is 0 Å². The van der Waals surface area contributed by atoms with Crippen LogP contribution in [0.15, 0.2) is 18.2 Å². The molecule has 0 saturated carbocycles. The van der Waals surface area contributed by atoms with Crippen LogP contribution in [0.3, 0.4) is 0 Å². The number of nitrogens with one attached hydrogen (secondary N) is 1. The highest BCUT2D eigenvalue weighted by molar-refractivity contribution is 5.92. The zero-order valence-electron chi connectivity index (χ0n) is 13.0. The molecule has 6 heteroatoms. The Labute approximate surface area is 125 Å². The van der Waals surface area contributed by atoms with E-state index < -0.39 is 5.60 Å². The molecule has 6 nitrogen and oxygen atoms in total. The Kier molecular flexibility index (Phi) is 4.80. The Bertz CT molecular complexity index is 491. The summed E-state index contributed by atoms with van der Waals surface area (Å²) in [5, 5.41) is 12.8. The van der Waals surface area contributed by atoms with E-state index in [0.29, 0.717) is 31.1 Å². The second kappa shape index (κ2) is 6.41. The first kappa shape index (κ1) is 15.7. The number of aliphatic hydroxyl groups is 1. The summed E-state index contributed by atoms with van der Waals surface area (Å²) in [7, 11) is 1.78. The molecular formula is C15H24N4O2. The van der Waals surface area contributed by atoms with Gasteiger partial charge in [0.1, 0.15) is 11.5 Å². The zero-order chi connectivity index (χ0) is 15.5. The standard InChI is InChI=1S/C15H24N4O2/c1-15(2,21)11-18-7-9-19(10-8-18)14(20)12-5-4-6-13(16-3)17-12/h4-6,21H,7-11H2,1-3H3,(H,16,17). The van der Waals surface area contributed by atoms with Gasteiger partial charge < -0.3 is 15.3 Å². The van der Waals surface area contributed by atoms with Crippen molar-refractivity contribution in [1.82, 2.24) is 14.8 Å². The topological polar surface area (TPSA) is 68.7 Å². The molecule has 2 N–H and O–H groups in total. The Hall–Kier alpha value is -1.66. The monoisotopic (exact) mass is 292 g/mol. The summed E-state index contributed by atoms with van der Waals surface area (Å²) in [5.74, 6) is 0.663. The number of pyridine rings is 1. The first-order chi connectivity index (χ1) is 9.89. The Balaban J connectivity index is 1.94. The van der Waals surface area contributed by atoms with E-state index in [1.165, 1.54) is 0 Å². The van der Waals surface area contributed by atoms with Gasteiger partial charge in [0.2, 0.25) is 0 Å². The maximum absolute atomic E-state index is 12.4. The van der Waals surface area contributed by atoms with Crippen molar-refractivity contribution >= 4 is 11.7 Å². The molecule has 0 unspecified atom stereocenters. The molecule has 0 atom stereocenters. The van der Waals surface area contributed by atoms with E-state index in [1.807, 2.05) is 17.0 Å². The Morgan fingerprint density at radius 2 is 2.00 bits per heavy atom. The molecule has 1 fully saturated rings. The molecule has 2 rings (SSSR count). The minimum atomic E-state index is -0.700. The van der Waals surface area contributed by atoms with Crippen molar-refractivity contribution in [1.29, 1.82) is 0 Å². The van der Waals surface area contributed by atoms with Crippen LogP contribution in [0.25, 0.3) is 0 Å². The smallest absolute Gasteiger partial charge is 0.272 e. The molecule has 1 aliphatic heterocycles. The van der Waals surface area contributed by atoms with Gasteiger partial charge in [-0.15, -0.1) is 0 Å². The van der Waals surface area contributed by atoms with Crippen molar-refractivity contribution in [2.45, 2.75) is 19.4 Å². The highest BCUT2D eigenvalue weighted by Crippen LogP contribution is 2.12. The van der Waals surface area contributed by atoms with Gasteiger partial charge in [-0.1, -0.05) is 6.07 Å². The number of hydrogen-bond donors (Lipinski definition) is 2. The number of hydrogen-bond acceptors (Lipinski definition) is 5. The molecule has 0 bridgehead atoms. The zero-order valence-corrected chi connectivity index (χ0v) is 13.0. The molecule has 1 aliphatic rings. The van der Waals surface area contributed by atoms with Gasteiger partial charge in [0.25, 0.3) is 5.91 Å². The van der Waals surface area contributed by atoms with Gasteiger partial charge in [-0.2, -0.15) is 0 Å². The van der Waals surface area contributed by atoms with E-state index in [0.717, 1.165) is 13.1 Å². The summed E-state index contributed by atoms with van der Waals surface area (Å²) in [6.07, 6.45) is 0. The lowest BCUT2D eigenvalue weighted by Crippen LogP contribution is -2.52. The Morgan fingerprint density at radius 1 is 1.33 bits per heavy atom. The molecule has 0 aromatic carbocycles. The summed E-state index contributed by atoms with van der Waals surface area (Å²) < 4.78 is 0. The summed E-state index contributed by atoms with van der Waals surface area (Å²) >= 11 is 0. The molecule has 1 aromatic rings. The van der Waals surface area contributed by atoms with E-state index in [1.54, 1.807) is 27.0 Å². The molecule has 0 spiro atoms. The van der Waals surface area contributed by atoms with Crippen molar-refractivity contribution in [2.24, 2.45) is 0 Å². The number of anilines is 1. The third kappa shape index (κ3) is 4.41. The molecule has 2 heterocycles. The number of carbonyl (C=O) groups excluding carboxylic acids is 1. The number of aromatic nitrogens is 1. The second-order valence-electron chi connectivity index (χ2n) is 6.04. The molecule has 0 aliphatic carbocycles. The van der Waals surface area contributed by atoms with Gasteiger partial charge in [-0.05, 0) is 26.0 Å². The third-order valence-corrected chi connectivity index (χ3v) is 3.49. The van der Waals surface area contributed by atoms with Crippen molar-refractivity contribution < 1.29 is 9.90 Å². The molecule has 116 valence electrons. The summed E-state index contributed by atoms with van der Waals surface area (Å²) in [5.41, 5.74) is -0.229. The molecule has 1 saturated heterocycles. The summed E-state index contributed by atoms with van der Waals surface area (Å²) in [6.45, 7) is 7.13. The lowest BCUT2D eigenvalue weighted by Gasteiger charge is -2.37. The fourth-order valence-electron chi connectivity index (χ4n) is 2.51. The second-order valence-corrected chi connectivity index (χ2v) is 6.04. The Morgan fingerprint density at radius 3 is 2.57 bits per heavy atom. The lowest BCUT2D eigenvalue weighted by molar-refractivity contribution is 0.0177. The van der Waals surface area contributed by atoms with Crippen LogP contribution in [0.4, 0.5) is 5.82 Å². The first-order valence-electron chi connectivity index (χ1n) is 7.28. The highest BCUT2D eigenvalue weighted by atomic mass is 16.3. The van der Waals surface area contributed by atoms with Gasteiger partial charge >= 0.3 is 0 Å². The van der Waals surface area contributed by atoms with Crippen molar-refractivity contribution in [3.05, 3.63) is 23.9 Å². The minimum absolute atomic E-state index is 0.0324. The van der Waals surface area contributed by atoms with Crippen molar-refractivity contribution in [3.63, 3.8) is 0 Å². The van der Waals surface area contributed by atoms with Crippen LogP contribution >= 0.6 is 0 Å². The summed E-state index contributed by atoms with van der Waals surface area (Å²) in [6, 6.07) is 5.40. The van der Waals surface area contributed by atoms with Crippen LogP contribution in [0, 0.1) is 0 Å². The van der Waals surface area contributed by atoms with Crippen LogP contribution in [0.1, 0.15) is 24.3 Å². The number of β-amino-alcohol motifs (C(OH)–C–C–N with tert-alkyl or cyclic N) is 1. The maximum Gasteiger partial charge on any atom is 0.272 e. The average Bonchev–Trinajstić information content (AvgIpc) is 2.46. The number of rotatable bonds is 4. The molecule has 0 radical (unpaired) electrons. The van der Waals surface area contributed by atoms with Crippen LogP contribution in [0.5, 0.6) is 0 Å². The SMILES string of the molecule is CNc1cccc(C(=O)N2CCN(CC(C)(C)O)CC2)n1. The van der Waals surface area contributed by atoms with Gasteiger partial charge in [-0.25, -0.2) is 4.98 Å². The fourth-order valence-corrected chi connectivity index (χ4v) is 2.51. The lowest BCUT2D eigenvalue weighted by atomic mass is 10.1. The van der Waals surface area contributed by atoms with Gasteiger partial charge in [0.15, 0.2) is 0 Å². The fraction of sp³-hybridized carbons (Fsp3) is 0.600.